The molecule has 0 heterocycles. The molecular formula is C11H13BrClNO2. The smallest absolute Gasteiger partial charge is 0.317 e. The number of rotatable bonds is 5. The second-order valence-corrected chi connectivity index (χ2v) is 5.06. The standard InChI is InChI=1S/C11H13BrClNO2/c1-14(7-11(15)16)6-10(13)8-3-2-4-9(12)5-8/h2-5,10H,6-7H2,1H3,(H,15,16). The van der Waals surface area contributed by atoms with E-state index in [1.807, 2.05) is 24.3 Å². The van der Waals surface area contributed by atoms with Crippen LogP contribution in [0.1, 0.15) is 10.9 Å². The van der Waals surface area contributed by atoms with E-state index in [-0.39, 0.29) is 11.9 Å². The monoisotopic (exact) mass is 305 g/mol. The van der Waals surface area contributed by atoms with Crippen molar-refractivity contribution < 1.29 is 9.90 Å². The van der Waals surface area contributed by atoms with Crippen molar-refractivity contribution >= 4 is 33.5 Å². The van der Waals surface area contributed by atoms with Gasteiger partial charge in [0.2, 0.25) is 0 Å². The SMILES string of the molecule is CN(CC(=O)O)CC(Cl)c1cccc(Br)c1. The van der Waals surface area contributed by atoms with Gasteiger partial charge >= 0.3 is 5.97 Å². The Labute approximate surface area is 108 Å². The van der Waals surface area contributed by atoms with Crippen LogP contribution in [0.15, 0.2) is 28.7 Å². The van der Waals surface area contributed by atoms with Crippen LogP contribution < -0.4 is 0 Å². The summed E-state index contributed by atoms with van der Waals surface area (Å²) in [4.78, 5) is 12.2. The Morgan fingerprint density at radius 2 is 2.31 bits per heavy atom. The summed E-state index contributed by atoms with van der Waals surface area (Å²) in [5.41, 5.74) is 0.980. The molecule has 0 radical (unpaired) electrons. The minimum atomic E-state index is -0.847. The molecule has 88 valence electrons. The van der Waals surface area contributed by atoms with Crippen LogP contribution in [-0.2, 0) is 4.79 Å². The maximum Gasteiger partial charge on any atom is 0.317 e. The summed E-state index contributed by atoms with van der Waals surface area (Å²) in [6, 6.07) is 7.70. The number of carboxylic acid groups (broad SMARTS) is 1. The average Bonchev–Trinajstić information content (AvgIpc) is 2.16. The molecule has 0 aliphatic rings. The number of halogens is 2. The molecule has 1 N–H and O–H groups in total. The Kier molecular flexibility index (Phi) is 5.25. The van der Waals surface area contributed by atoms with Gasteiger partial charge in [-0.1, -0.05) is 28.1 Å². The van der Waals surface area contributed by atoms with Crippen molar-refractivity contribution in [2.45, 2.75) is 5.38 Å². The van der Waals surface area contributed by atoms with Crippen molar-refractivity contribution in [3.8, 4) is 0 Å². The number of carbonyl (C=O) groups is 1. The molecule has 1 rings (SSSR count). The van der Waals surface area contributed by atoms with Crippen LogP contribution in [-0.4, -0.2) is 36.1 Å². The molecule has 0 fully saturated rings. The fourth-order valence-electron chi connectivity index (χ4n) is 1.38. The summed E-state index contributed by atoms with van der Waals surface area (Å²) in [5.74, 6) is -0.847. The van der Waals surface area contributed by atoms with Gasteiger partial charge in [0, 0.05) is 11.0 Å². The first kappa shape index (κ1) is 13.5. The first-order valence-corrected chi connectivity index (χ1v) is 6.02. The fraction of sp³-hybridized carbons (Fsp3) is 0.364. The van der Waals surface area contributed by atoms with Gasteiger partial charge in [-0.25, -0.2) is 0 Å². The third-order valence-electron chi connectivity index (χ3n) is 2.09. The summed E-state index contributed by atoms with van der Waals surface area (Å²) in [6.45, 7) is 0.502. The molecule has 1 unspecified atom stereocenters. The zero-order valence-electron chi connectivity index (χ0n) is 8.86. The highest BCUT2D eigenvalue weighted by atomic mass is 79.9. The molecule has 0 spiro atoms. The van der Waals surface area contributed by atoms with Crippen LogP contribution in [0.3, 0.4) is 0 Å². The predicted molar refractivity (Wildman–Crippen MR) is 67.9 cm³/mol. The molecule has 0 aliphatic carbocycles. The molecule has 0 saturated heterocycles. The summed E-state index contributed by atoms with van der Waals surface area (Å²) in [5, 5.41) is 8.41. The first-order chi connectivity index (χ1) is 7.49. The Morgan fingerprint density at radius 3 is 2.88 bits per heavy atom. The van der Waals surface area contributed by atoms with E-state index in [4.69, 9.17) is 16.7 Å². The van der Waals surface area contributed by atoms with Crippen LogP contribution >= 0.6 is 27.5 Å². The summed E-state index contributed by atoms with van der Waals surface area (Å²) < 4.78 is 0.969. The molecular weight excluding hydrogens is 293 g/mol. The highest BCUT2D eigenvalue weighted by Crippen LogP contribution is 2.23. The molecule has 0 aliphatic heterocycles. The first-order valence-electron chi connectivity index (χ1n) is 4.79. The van der Waals surface area contributed by atoms with Gasteiger partial charge in [0.1, 0.15) is 0 Å². The van der Waals surface area contributed by atoms with Crippen molar-refractivity contribution in [1.82, 2.24) is 4.90 Å². The second-order valence-electron chi connectivity index (χ2n) is 3.61. The molecule has 0 bridgehead atoms. The molecule has 1 atom stereocenters. The number of hydrogen-bond acceptors (Lipinski definition) is 2. The van der Waals surface area contributed by atoms with E-state index in [0.29, 0.717) is 6.54 Å². The van der Waals surface area contributed by atoms with Crippen LogP contribution in [0, 0.1) is 0 Å². The van der Waals surface area contributed by atoms with E-state index in [2.05, 4.69) is 15.9 Å². The number of nitrogens with zero attached hydrogens (tertiary/aromatic N) is 1. The van der Waals surface area contributed by atoms with E-state index < -0.39 is 5.97 Å². The second kappa shape index (κ2) is 6.23. The number of hydrogen-bond donors (Lipinski definition) is 1. The van der Waals surface area contributed by atoms with Gasteiger partial charge in [-0.3, -0.25) is 9.69 Å². The number of benzene rings is 1. The van der Waals surface area contributed by atoms with Gasteiger partial charge in [0.05, 0.1) is 11.9 Å². The van der Waals surface area contributed by atoms with E-state index in [0.717, 1.165) is 10.0 Å². The quantitative estimate of drug-likeness (QED) is 0.850. The van der Waals surface area contributed by atoms with Crippen molar-refractivity contribution in [3.63, 3.8) is 0 Å². The van der Waals surface area contributed by atoms with Crippen molar-refractivity contribution in [3.05, 3.63) is 34.3 Å². The minimum absolute atomic E-state index is 0.00275. The van der Waals surface area contributed by atoms with Crippen molar-refractivity contribution in [1.29, 1.82) is 0 Å². The number of likely N-dealkylation sites (N-methyl/N-ethyl adjacent to an activating group) is 1. The van der Waals surface area contributed by atoms with Gasteiger partial charge in [0.15, 0.2) is 0 Å². The number of aliphatic carboxylic acids is 1. The van der Waals surface area contributed by atoms with Crippen molar-refractivity contribution in [2.75, 3.05) is 20.1 Å². The normalized spacial score (nSPS) is 12.8. The predicted octanol–water partition coefficient (Wildman–Crippen LogP) is 2.75. The van der Waals surface area contributed by atoms with Gasteiger partial charge in [-0.2, -0.15) is 0 Å². The highest BCUT2D eigenvalue weighted by molar-refractivity contribution is 9.10. The number of carboxylic acids is 1. The lowest BCUT2D eigenvalue weighted by atomic mass is 10.1. The van der Waals surface area contributed by atoms with Gasteiger partial charge in [-0.05, 0) is 24.7 Å². The molecule has 3 nitrogen and oxygen atoms in total. The van der Waals surface area contributed by atoms with Gasteiger partial charge in [-0.15, -0.1) is 11.6 Å². The van der Waals surface area contributed by atoms with Crippen LogP contribution in [0.25, 0.3) is 0 Å². The largest absolute Gasteiger partial charge is 0.480 e. The van der Waals surface area contributed by atoms with Gasteiger partial charge < -0.3 is 5.11 Å². The molecule has 16 heavy (non-hydrogen) atoms. The number of alkyl halides is 1. The lowest BCUT2D eigenvalue weighted by Crippen LogP contribution is -2.28. The third kappa shape index (κ3) is 4.51. The summed E-state index contributed by atoms with van der Waals surface area (Å²) in [6.07, 6.45) is 0. The fourth-order valence-corrected chi connectivity index (χ4v) is 2.16. The van der Waals surface area contributed by atoms with E-state index in [1.54, 1.807) is 11.9 Å². The Bertz CT molecular complexity index is 373. The maximum absolute atomic E-state index is 10.5. The molecule has 0 aromatic heterocycles. The van der Waals surface area contributed by atoms with Crippen molar-refractivity contribution in [2.24, 2.45) is 0 Å². The Hall–Kier alpha value is -0.580. The molecule has 5 heteroatoms. The summed E-state index contributed by atoms with van der Waals surface area (Å²) >= 11 is 9.57. The topological polar surface area (TPSA) is 40.5 Å². The average molecular weight is 307 g/mol. The van der Waals surface area contributed by atoms with E-state index >= 15 is 0 Å². The Morgan fingerprint density at radius 1 is 1.62 bits per heavy atom. The molecule has 0 amide bonds. The maximum atomic E-state index is 10.5. The zero-order chi connectivity index (χ0) is 12.1. The summed E-state index contributed by atoms with van der Waals surface area (Å²) in [7, 11) is 1.74. The molecule has 1 aromatic carbocycles. The van der Waals surface area contributed by atoms with E-state index in [9.17, 15) is 4.79 Å². The third-order valence-corrected chi connectivity index (χ3v) is 2.97. The lowest BCUT2D eigenvalue weighted by Gasteiger charge is -2.18. The molecule has 1 aromatic rings. The van der Waals surface area contributed by atoms with E-state index in [1.165, 1.54) is 0 Å². The van der Waals surface area contributed by atoms with Crippen LogP contribution in [0.5, 0.6) is 0 Å². The van der Waals surface area contributed by atoms with Crippen LogP contribution in [0.4, 0.5) is 0 Å². The lowest BCUT2D eigenvalue weighted by molar-refractivity contribution is -0.137. The van der Waals surface area contributed by atoms with Gasteiger partial charge in [0.25, 0.3) is 0 Å². The van der Waals surface area contributed by atoms with Crippen LogP contribution in [0.2, 0.25) is 0 Å². The Balaban J connectivity index is 2.58. The zero-order valence-corrected chi connectivity index (χ0v) is 11.2. The minimum Gasteiger partial charge on any atom is -0.480 e. The highest BCUT2D eigenvalue weighted by Gasteiger charge is 2.12. The molecule has 0 saturated carbocycles.